The van der Waals surface area contributed by atoms with Crippen LogP contribution in [0, 0.1) is 5.92 Å². The average molecular weight is 386 g/mol. The maximum absolute atomic E-state index is 12.0. The Morgan fingerprint density at radius 3 is 2.75 bits per heavy atom. The summed E-state index contributed by atoms with van der Waals surface area (Å²) < 4.78 is 11.0. The second-order valence-electron chi connectivity index (χ2n) is 7.85. The van der Waals surface area contributed by atoms with Crippen molar-refractivity contribution in [2.45, 2.75) is 32.8 Å². The van der Waals surface area contributed by atoms with Gasteiger partial charge in [0.1, 0.15) is 12.7 Å². The smallest absolute Gasteiger partial charge is 0.330 e. The van der Waals surface area contributed by atoms with E-state index in [1.807, 2.05) is 24.3 Å². The maximum Gasteiger partial charge on any atom is 0.330 e. The number of hydrogen-bond donors (Lipinski definition) is 0. The van der Waals surface area contributed by atoms with Crippen LogP contribution in [-0.4, -0.2) is 62.3 Å². The fraction of sp³-hybridized carbons (Fsp3) is 0.545. The van der Waals surface area contributed by atoms with Gasteiger partial charge in [0.05, 0.1) is 6.61 Å². The Hall–Kier alpha value is -2.18. The lowest BCUT2D eigenvalue weighted by atomic mass is 10.2. The van der Waals surface area contributed by atoms with Gasteiger partial charge in [0.25, 0.3) is 0 Å². The predicted octanol–water partition coefficient (Wildman–Crippen LogP) is 2.73. The Bertz CT molecular complexity index is 699. The van der Waals surface area contributed by atoms with Crippen LogP contribution >= 0.6 is 0 Å². The number of hydrogen-bond acceptors (Lipinski definition) is 5. The molecule has 0 spiro atoms. The molecule has 2 aliphatic rings. The lowest BCUT2D eigenvalue weighted by Crippen LogP contribution is -2.45. The fourth-order valence-corrected chi connectivity index (χ4v) is 3.64. The van der Waals surface area contributed by atoms with E-state index in [9.17, 15) is 9.59 Å². The minimum absolute atomic E-state index is 0.0675. The zero-order valence-corrected chi connectivity index (χ0v) is 16.8. The van der Waals surface area contributed by atoms with E-state index in [2.05, 4.69) is 18.7 Å². The third kappa shape index (κ3) is 5.91. The molecule has 0 saturated carbocycles. The summed E-state index contributed by atoms with van der Waals surface area (Å²) in [6, 6.07) is 7.62. The molecule has 2 heterocycles. The van der Waals surface area contributed by atoms with Crippen molar-refractivity contribution in [1.82, 2.24) is 4.90 Å². The van der Waals surface area contributed by atoms with Crippen LogP contribution in [0.25, 0.3) is 6.08 Å². The summed E-state index contributed by atoms with van der Waals surface area (Å²) in [6.45, 7) is 8.89. The Kier molecular flexibility index (Phi) is 7.23. The molecule has 0 aromatic heterocycles. The van der Waals surface area contributed by atoms with Crippen LogP contribution in [0.1, 0.15) is 32.3 Å². The van der Waals surface area contributed by atoms with Crippen molar-refractivity contribution in [2.75, 3.05) is 44.3 Å². The van der Waals surface area contributed by atoms with Gasteiger partial charge in [-0.05, 0) is 36.1 Å². The van der Waals surface area contributed by atoms with Crippen LogP contribution in [0.4, 0.5) is 5.69 Å². The molecule has 1 unspecified atom stereocenters. The van der Waals surface area contributed by atoms with Gasteiger partial charge in [0, 0.05) is 44.4 Å². The molecule has 152 valence electrons. The first-order chi connectivity index (χ1) is 13.5. The van der Waals surface area contributed by atoms with E-state index in [0.29, 0.717) is 18.9 Å². The number of benzene rings is 1. The molecule has 3 rings (SSSR count). The molecule has 2 saturated heterocycles. The van der Waals surface area contributed by atoms with Crippen molar-refractivity contribution in [3.05, 3.63) is 35.9 Å². The molecule has 0 bridgehead atoms. The first kappa shape index (κ1) is 20.6. The number of nitrogens with zero attached hydrogens (tertiary/aromatic N) is 2. The van der Waals surface area contributed by atoms with Gasteiger partial charge in [-0.25, -0.2) is 4.79 Å². The van der Waals surface area contributed by atoms with Crippen molar-refractivity contribution in [1.29, 1.82) is 0 Å². The minimum Gasteiger partial charge on any atom is -0.460 e. The first-order valence-electron chi connectivity index (χ1n) is 10.1. The molecule has 6 nitrogen and oxygen atoms in total. The SMILES string of the molecule is CC(C)CN1CCOC(COC(=O)/C=C/c2ccc(N3CCCC3=O)cc2)C1. The molecule has 0 N–H and O–H groups in total. The van der Waals surface area contributed by atoms with Crippen LogP contribution in [0.5, 0.6) is 0 Å². The van der Waals surface area contributed by atoms with E-state index in [4.69, 9.17) is 9.47 Å². The molecule has 1 amide bonds. The molecule has 0 aliphatic carbocycles. The number of morpholine rings is 1. The molecular formula is C22H30N2O4. The highest BCUT2D eigenvalue weighted by Crippen LogP contribution is 2.21. The van der Waals surface area contributed by atoms with E-state index >= 15 is 0 Å². The molecular weight excluding hydrogens is 356 g/mol. The van der Waals surface area contributed by atoms with Gasteiger partial charge < -0.3 is 14.4 Å². The topological polar surface area (TPSA) is 59.1 Å². The number of rotatable bonds is 7. The van der Waals surface area contributed by atoms with Gasteiger partial charge in [0.15, 0.2) is 0 Å². The summed E-state index contributed by atoms with van der Waals surface area (Å²) >= 11 is 0. The second-order valence-corrected chi connectivity index (χ2v) is 7.85. The Morgan fingerprint density at radius 2 is 2.07 bits per heavy atom. The van der Waals surface area contributed by atoms with Gasteiger partial charge in [0.2, 0.25) is 5.91 Å². The molecule has 1 aromatic carbocycles. The summed E-state index contributed by atoms with van der Waals surface area (Å²) in [6.07, 6.45) is 4.62. The molecule has 0 radical (unpaired) electrons. The molecule has 28 heavy (non-hydrogen) atoms. The zero-order chi connectivity index (χ0) is 19.9. The summed E-state index contributed by atoms with van der Waals surface area (Å²) in [5.74, 6) is 0.409. The number of carbonyl (C=O) groups excluding carboxylic acids is 2. The second kappa shape index (κ2) is 9.85. The molecule has 2 fully saturated rings. The number of anilines is 1. The predicted molar refractivity (Wildman–Crippen MR) is 109 cm³/mol. The lowest BCUT2D eigenvalue weighted by molar-refractivity contribution is -0.144. The lowest BCUT2D eigenvalue weighted by Gasteiger charge is -2.33. The Morgan fingerprint density at radius 1 is 1.29 bits per heavy atom. The summed E-state index contributed by atoms with van der Waals surface area (Å²) in [5.41, 5.74) is 1.80. The number of esters is 1. The van der Waals surface area contributed by atoms with E-state index < -0.39 is 0 Å². The molecule has 1 atom stereocenters. The van der Waals surface area contributed by atoms with Crippen molar-refractivity contribution in [3.63, 3.8) is 0 Å². The minimum atomic E-state index is -0.372. The Balaban J connectivity index is 1.44. The van der Waals surface area contributed by atoms with Gasteiger partial charge in [-0.1, -0.05) is 26.0 Å². The van der Waals surface area contributed by atoms with Gasteiger partial charge in [-0.2, -0.15) is 0 Å². The van der Waals surface area contributed by atoms with Gasteiger partial charge in [-0.15, -0.1) is 0 Å². The normalized spacial score (nSPS) is 21.0. The van der Waals surface area contributed by atoms with Crippen LogP contribution in [0.3, 0.4) is 0 Å². The van der Waals surface area contributed by atoms with Crippen molar-refractivity contribution in [3.8, 4) is 0 Å². The van der Waals surface area contributed by atoms with E-state index in [-0.39, 0.29) is 24.6 Å². The largest absolute Gasteiger partial charge is 0.460 e. The van der Waals surface area contributed by atoms with Crippen molar-refractivity contribution in [2.24, 2.45) is 5.92 Å². The fourth-order valence-electron chi connectivity index (χ4n) is 3.64. The van der Waals surface area contributed by atoms with E-state index in [0.717, 1.165) is 43.9 Å². The molecule has 6 heteroatoms. The summed E-state index contributed by atoms with van der Waals surface area (Å²) in [7, 11) is 0. The van der Waals surface area contributed by atoms with E-state index in [1.165, 1.54) is 6.08 Å². The summed E-state index contributed by atoms with van der Waals surface area (Å²) in [5, 5.41) is 0. The highest BCUT2D eigenvalue weighted by molar-refractivity contribution is 5.95. The van der Waals surface area contributed by atoms with E-state index in [1.54, 1.807) is 11.0 Å². The quantitative estimate of drug-likeness (QED) is 0.533. The third-order valence-electron chi connectivity index (χ3n) is 4.95. The van der Waals surface area contributed by atoms with Crippen LogP contribution in [0.2, 0.25) is 0 Å². The van der Waals surface area contributed by atoms with Crippen LogP contribution in [0.15, 0.2) is 30.3 Å². The monoisotopic (exact) mass is 386 g/mol. The van der Waals surface area contributed by atoms with Crippen LogP contribution < -0.4 is 4.90 Å². The third-order valence-corrected chi connectivity index (χ3v) is 4.95. The molecule has 2 aliphatic heterocycles. The number of carbonyl (C=O) groups is 2. The first-order valence-corrected chi connectivity index (χ1v) is 10.1. The van der Waals surface area contributed by atoms with Crippen molar-refractivity contribution < 1.29 is 19.1 Å². The highest BCUT2D eigenvalue weighted by Gasteiger charge is 2.22. The maximum atomic E-state index is 12.0. The van der Waals surface area contributed by atoms with Crippen molar-refractivity contribution >= 4 is 23.6 Å². The zero-order valence-electron chi connectivity index (χ0n) is 16.8. The van der Waals surface area contributed by atoms with Crippen LogP contribution in [-0.2, 0) is 19.1 Å². The van der Waals surface area contributed by atoms with Gasteiger partial charge in [-0.3, -0.25) is 9.69 Å². The average Bonchev–Trinajstić information content (AvgIpc) is 3.11. The molecule has 1 aromatic rings. The summed E-state index contributed by atoms with van der Waals surface area (Å²) in [4.78, 5) is 28.0. The highest BCUT2D eigenvalue weighted by atomic mass is 16.6. The standard InChI is InChI=1S/C22H30N2O4/c1-17(2)14-23-12-13-27-20(15-23)16-28-22(26)10-7-18-5-8-19(9-6-18)24-11-3-4-21(24)25/h5-10,17,20H,3-4,11-16H2,1-2H3/b10-7+. The Labute approximate surface area is 167 Å². The number of amides is 1. The number of ether oxygens (including phenoxy) is 2. The van der Waals surface area contributed by atoms with Gasteiger partial charge >= 0.3 is 5.97 Å².